The number of amides is 1. The molecule has 4 rings (SSSR count). The van der Waals surface area contributed by atoms with Crippen molar-refractivity contribution < 1.29 is 14.6 Å². The molecule has 2 aliphatic rings. The molecule has 4 heterocycles. The number of aromatic nitrogens is 2. The summed E-state index contributed by atoms with van der Waals surface area (Å²) in [5.41, 5.74) is 2.07. The van der Waals surface area contributed by atoms with Crippen LogP contribution in [0.1, 0.15) is 24.3 Å². The van der Waals surface area contributed by atoms with Crippen molar-refractivity contribution in [2.75, 3.05) is 64.0 Å². The summed E-state index contributed by atoms with van der Waals surface area (Å²) in [5, 5.41) is 9.30. The standard InChI is InChI=1S/C18H24ClN5O3S.C2H6/c1-12-13(10-22-2-4-23(5-3-22)14(26)11-25)28-16-15(12)20-18(19)21-17(16)24-6-8-27-9-7-24;1-2/h25H,2-11H2,1H3;1-2H3. The number of nitrogens with zero attached hydrogens (tertiary/aromatic N) is 5. The first-order valence-corrected chi connectivity index (χ1v) is 11.7. The van der Waals surface area contributed by atoms with Gasteiger partial charge < -0.3 is 19.6 Å². The number of aliphatic hydroxyl groups excluding tert-OH is 1. The molecule has 1 amide bonds. The summed E-state index contributed by atoms with van der Waals surface area (Å²) in [7, 11) is 0. The van der Waals surface area contributed by atoms with E-state index in [1.165, 1.54) is 4.88 Å². The third kappa shape index (κ3) is 5.03. The van der Waals surface area contributed by atoms with Gasteiger partial charge in [0, 0.05) is 50.7 Å². The second-order valence-corrected chi connectivity index (χ2v) is 8.50. The normalized spacial score (nSPS) is 17.8. The van der Waals surface area contributed by atoms with Crippen LogP contribution in [0.15, 0.2) is 0 Å². The minimum atomic E-state index is -0.417. The van der Waals surface area contributed by atoms with E-state index < -0.39 is 6.61 Å². The number of halogens is 1. The van der Waals surface area contributed by atoms with E-state index in [1.807, 2.05) is 13.8 Å². The van der Waals surface area contributed by atoms with Crippen molar-refractivity contribution in [2.45, 2.75) is 27.3 Å². The highest BCUT2D eigenvalue weighted by atomic mass is 35.5. The number of ether oxygens (including phenoxy) is 1. The van der Waals surface area contributed by atoms with Gasteiger partial charge in [-0.25, -0.2) is 4.98 Å². The Labute approximate surface area is 186 Å². The SMILES string of the molecule is CC.Cc1c(CN2CCN(C(=O)CO)CC2)sc2c(N3CCOCC3)nc(Cl)nc12. The van der Waals surface area contributed by atoms with Crippen LogP contribution >= 0.6 is 22.9 Å². The number of aliphatic hydroxyl groups is 1. The van der Waals surface area contributed by atoms with E-state index in [4.69, 9.17) is 21.4 Å². The van der Waals surface area contributed by atoms with Crippen LogP contribution in [0.5, 0.6) is 0 Å². The van der Waals surface area contributed by atoms with Gasteiger partial charge in [-0.15, -0.1) is 11.3 Å². The number of morpholine rings is 1. The molecule has 2 aromatic heterocycles. The maximum atomic E-state index is 11.6. The number of thiophene rings is 1. The second kappa shape index (κ2) is 10.7. The lowest BCUT2D eigenvalue weighted by molar-refractivity contribution is -0.135. The highest BCUT2D eigenvalue weighted by molar-refractivity contribution is 7.19. The number of hydrogen-bond acceptors (Lipinski definition) is 8. The molecule has 2 aromatic rings. The van der Waals surface area contributed by atoms with Crippen LogP contribution in [0.2, 0.25) is 5.28 Å². The van der Waals surface area contributed by atoms with Gasteiger partial charge in [-0.2, -0.15) is 4.98 Å². The molecule has 0 spiro atoms. The van der Waals surface area contributed by atoms with Gasteiger partial charge in [0.25, 0.3) is 0 Å². The van der Waals surface area contributed by atoms with Crippen LogP contribution in [0, 0.1) is 6.92 Å². The minimum absolute atomic E-state index is 0.197. The molecule has 0 bridgehead atoms. The van der Waals surface area contributed by atoms with Gasteiger partial charge in [-0.05, 0) is 24.1 Å². The molecular weight excluding hydrogens is 426 g/mol. The second-order valence-electron chi connectivity index (χ2n) is 7.06. The molecule has 0 atom stereocenters. The zero-order valence-corrected chi connectivity index (χ0v) is 19.4. The van der Waals surface area contributed by atoms with E-state index in [0.717, 1.165) is 54.3 Å². The first kappa shape index (κ1) is 23.1. The van der Waals surface area contributed by atoms with E-state index >= 15 is 0 Å². The highest BCUT2D eigenvalue weighted by Crippen LogP contribution is 2.37. The Kier molecular flexibility index (Phi) is 8.24. The average molecular weight is 456 g/mol. The van der Waals surface area contributed by atoms with Crippen molar-refractivity contribution in [1.82, 2.24) is 19.8 Å². The topological polar surface area (TPSA) is 82.0 Å². The lowest BCUT2D eigenvalue weighted by Gasteiger charge is -2.34. The fourth-order valence-electron chi connectivity index (χ4n) is 3.69. The number of fused-ring (bicyclic) bond motifs is 1. The molecule has 10 heteroatoms. The van der Waals surface area contributed by atoms with Crippen LogP contribution in [-0.2, 0) is 16.1 Å². The van der Waals surface area contributed by atoms with E-state index in [2.05, 4.69) is 26.7 Å². The Bertz CT molecular complexity index is 864. The van der Waals surface area contributed by atoms with Crippen LogP contribution in [0.4, 0.5) is 5.82 Å². The number of rotatable bonds is 4. The number of piperazine rings is 1. The number of anilines is 1. The third-order valence-corrected chi connectivity index (χ3v) is 6.79. The fourth-order valence-corrected chi connectivity index (χ4v) is 5.16. The summed E-state index contributed by atoms with van der Waals surface area (Å²) in [6.45, 7) is 12.4. The van der Waals surface area contributed by atoms with Gasteiger partial charge >= 0.3 is 0 Å². The Morgan fingerprint density at radius 2 is 1.80 bits per heavy atom. The predicted octanol–water partition coefficient (Wildman–Crippen LogP) is 2.15. The summed E-state index contributed by atoms with van der Waals surface area (Å²) < 4.78 is 6.54. The van der Waals surface area contributed by atoms with Gasteiger partial charge in [0.1, 0.15) is 6.61 Å². The number of aryl methyl sites for hydroxylation is 1. The van der Waals surface area contributed by atoms with E-state index in [1.54, 1.807) is 16.2 Å². The summed E-state index contributed by atoms with van der Waals surface area (Å²) in [4.78, 5) is 28.2. The summed E-state index contributed by atoms with van der Waals surface area (Å²) in [6, 6.07) is 0. The lowest BCUT2D eigenvalue weighted by Crippen LogP contribution is -2.49. The van der Waals surface area contributed by atoms with E-state index in [0.29, 0.717) is 26.3 Å². The highest BCUT2D eigenvalue weighted by Gasteiger charge is 2.24. The molecule has 0 aliphatic carbocycles. The zero-order chi connectivity index (χ0) is 21.7. The average Bonchev–Trinajstić information content (AvgIpc) is 3.10. The molecule has 2 aliphatic heterocycles. The van der Waals surface area contributed by atoms with Crippen molar-refractivity contribution in [3.05, 3.63) is 15.7 Å². The summed E-state index contributed by atoms with van der Waals surface area (Å²) in [5.74, 6) is 0.703. The third-order valence-electron chi connectivity index (χ3n) is 5.36. The Morgan fingerprint density at radius 1 is 1.13 bits per heavy atom. The molecule has 2 fully saturated rings. The smallest absolute Gasteiger partial charge is 0.248 e. The maximum absolute atomic E-state index is 11.6. The zero-order valence-electron chi connectivity index (χ0n) is 17.9. The van der Waals surface area contributed by atoms with Crippen molar-refractivity contribution in [3.63, 3.8) is 0 Å². The molecular formula is C20H30ClN5O3S. The molecule has 0 radical (unpaired) electrons. The predicted molar refractivity (Wildman–Crippen MR) is 120 cm³/mol. The van der Waals surface area contributed by atoms with Crippen LogP contribution in [0.25, 0.3) is 10.2 Å². The monoisotopic (exact) mass is 455 g/mol. The molecule has 1 N–H and O–H groups in total. The molecule has 8 nitrogen and oxygen atoms in total. The maximum Gasteiger partial charge on any atom is 0.248 e. The number of hydrogen-bond donors (Lipinski definition) is 1. The van der Waals surface area contributed by atoms with Crippen molar-refractivity contribution in [3.8, 4) is 0 Å². The van der Waals surface area contributed by atoms with Gasteiger partial charge in [0.15, 0.2) is 5.82 Å². The molecule has 166 valence electrons. The van der Waals surface area contributed by atoms with Gasteiger partial charge in [-0.1, -0.05) is 13.8 Å². The number of carbonyl (C=O) groups excluding carboxylic acids is 1. The van der Waals surface area contributed by atoms with Gasteiger partial charge in [-0.3, -0.25) is 9.69 Å². The lowest BCUT2D eigenvalue weighted by atomic mass is 10.2. The minimum Gasteiger partial charge on any atom is -0.387 e. The number of carbonyl (C=O) groups is 1. The summed E-state index contributed by atoms with van der Waals surface area (Å²) >= 11 is 7.96. The van der Waals surface area contributed by atoms with Crippen molar-refractivity contribution in [1.29, 1.82) is 0 Å². The van der Waals surface area contributed by atoms with Crippen LogP contribution < -0.4 is 4.90 Å². The van der Waals surface area contributed by atoms with Crippen LogP contribution in [0.3, 0.4) is 0 Å². The Hall–Kier alpha value is -1.52. The first-order chi connectivity index (χ1) is 14.6. The Balaban J connectivity index is 0.00000124. The van der Waals surface area contributed by atoms with Gasteiger partial charge in [0.05, 0.1) is 23.4 Å². The fraction of sp³-hybridized carbons (Fsp3) is 0.650. The molecule has 0 aromatic carbocycles. The van der Waals surface area contributed by atoms with Crippen molar-refractivity contribution in [2.24, 2.45) is 0 Å². The van der Waals surface area contributed by atoms with E-state index in [-0.39, 0.29) is 11.2 Å². The van der Waals surface area contributed by atoms with Gasteiger partial charge in [0.2, 0.25) is 11.2 Å². The van der Waals surface area contributed by atoms with Crippen molar-refractivity contribution >= 4 is 44.9 Å². The van der Waals surface area contributed by atoms with E-state index in [9.17, 15) is 4.79 Å². The van der Waals surface area contributed by atoms with Crippen LogP contribution in [-0.4, -0.2) is 89.9 Å². The molecule has 2 saturated heterocycles. The summed E-state index contributed by atoms with van der Waals surface area (Å²) in [6.07, 6.45) is 0. The molecule has 30 heavy (non-hydrogen) atoms. The largest absolute Gasteiger partial charge is 0.387 e. The molecule has 0 unspecified atom stereocenters. The molecule has 0 saturated carbocycles. The quantitative estimate of drug-likeness (QED) is 0.707. The first-order valence-electron chi connectivity index (χ1n) is 10.5. The Morgan fingerprint density at radius 3 is 2.43 bits per heavy atom.